The molecule has 4 heteroatoms. The largest absolute Gasteiger partial charge is 0.497 e. The molecule has 2 rings (SSSR count). The van der Waals surface area contributed by atoms with E-state index in [0.29, 0.717) is 6.54 Å². The lowest BCUT2D eigenvalue weighted by Crippen LogP contribution is -2.28. The van der Waals surface area contributed by atoms with Crippen LogP contribution in [0.2, 0.25) is 0 Å². The smallest absolute Gasteiger partial charge is 0.325 e. The van der Waals surface area contributed by atoms with E-state index in [4.69, 9.17) is 4.74 Å². The molecule has 1 unspecified atom stereocenters. The SMILES string of the molecule is COc1cccc(CNC(C(=O)O)c2ccccc2)c1. The topological polar surface area (TPSA) is 58.6 Å². The molecule has 0 aliphatic carbocycles. The Morgan fingerprint density at radius 2 is 1.95 bits per heavy atom. The van der Waals surface area contributed by atoms with Gasteiger partial charge in [0.25, 0.3) is 0 Å². The lowest BCUT2D eigenvalue weighted by atomic mass is 10.1. The van der Waals surface area contributed by atoms with Crippen LogP contribution < -0.4 is 10.1 Å². The number of ether oxygens (including phenoxy) is 1. The van der Waals surface area contributed by atoms with Crippen molar-refractivity contribution in [1.29, 1.82) is 0 Å². The number of carboxylic acids is 1. The quantitative estimate of drug-likeness (QED) is 0.848. The standard InChI is InChI=1S/C16H17NO3/c1-20-14-9-5-6-12(10-14)11-17-15(16(18)19)13-7-3-2-4-8-13/h2-10,15,17H,11H2,1H3,(H,18,19). The number of benzene rings is 2. The van der Waals surface area contributed by atoms with Gasteiger partial charge in [-0.15, -0.1) is 0 Å². The minimum Gasteiger partial charge on any atom is -0.497 e. The van der Waals surface area contributed by atoms with Gasteiger partial charge in [-0.05, 0) is 23.3 Å². The molecule has 4 nitrogen and oxygen atoms in total. The average molecular weight is 271 g/mol. The molecule has 0 radical (unpaired) electrons. The predicted molar refractivity (Wildman–Crippen MR) is 76.7 cm³/mol. The van der Waals surface area contributed by atoms with Crippen LogP contribution in [0.3, 0.4) is 0 Å². The van der Waals surface area contributed by atoms with Crippen molar-refractivity contribution in [3.8, 4) is 5.75 Å². The van der Waals surface area contributed by atoms with Gasteiger partial charge in [0, 0.05) is 6.54 Å². The van der Waals surface area contributed by atoms with Gasteiger partial charge in [0.05, 0.1) is 7.11 Å². The first kappa shape index (κ1) is 14.1. The number of hydrogen-bond acceptors (Lipinski definition) is 3. The fourth-order valence-corrected chi connectivity index (χ4v) is 2.00. The maximum Gasteiger partial charge on any atom is 0.325 e. The van der Waals surface area contributed by atoms with Crippen molar-refractivity contribution in [3.05, 3.63) is 65.7 Å². The molecule has 0 amide bonds. The van der Waals surface area contributed by atoms with Gasteiger partial charge >= 0.3 is 5.97 Å². The van der Waals surface area contributed by atoms with E-state index >= 15 is 0 Å². The number of nitrogens with one attached hydrogen (secondary N) is 1. The molecule has 1 atom stereocenters. The first-order valence-electron chi connectivity index (χ1n) is 6.35. The van der Waals surface area contributed by atoms with Crippen molar-refractivity contribution in [3.63, 3.8) is 0 Å². The van der Waals surface area contributed by atoms with Crippen molar-refractivity contribution in [2.75, 3.05) is 7.11 Å². The summed E-state index contributed by atoms with van der Waals surface area (Å²) in [6, 6.07) is 16.0. The lowest BCUT2D eigenvalue weighted by Gasteiger charge is -2.15. The summed E-state index contributed by atoms with van der Waals surface area (Å²) in [6.07, 6.45) is 0. The second-order valence-corrected chi connectivity index (χ2v) is 4.41. The summed E-state index contributed by atoms with van der Waals surface area (Å²) in [5.74, 6) is -0.130. The zero-order valence-corrected chi connectivity index (χ0v) is 11.2. The van der Waals surface area contributed by atoms with E-state index < -0.39 is 12.0 Å². The molecule has 0 aliphatic heterocycles. The van der Waals surface area contributed by atoms with Crippen LogP contribution >= 0.6 is 0 Å². The molecule has 0 spiro atoms. The Morgan fingerprint density at radius 3 is 2.60 bits per heavy atom. The highest BCUT2D eigenvalue weighted by atomic mass is 16.5. The lowest BCUT2D eigenvalue weighted by molar-refractivity contribution is -0.139. The molecule has 0 bridgehead atoms. The Hall–Kier alpha value is -2.33. The second-order valence-electron chi connectivity index (χ2n) is 4.41. The van der Waals surface area contributed by atoms with Crippen LogP contribution in [0.5, 0.6) is 5.75 Å². The molecule has 104 valence electrons. The highest BCUT2D eigenvalue weighted by Crippen LogP contribution is 2.16. The minimum atomic E-state index is -0.890. The van der Waals surface area contributed by atoms with Crippen LogP contribution in [0, 0.1) is 0 Å². The van der Waals surface area contributed by atoms with Crippen molar-refractivity contribution in [2.45, 2.75) is 12.6 Å². The van der Waals surface area contributed by atoms with E-state index in [1.807, 2.05) is 42.5 Å². The first-order valence-corrected chi connectivity index (χ1v) is 6.35. The fraction of sp³-hybridized carbons (Fsp3) is 0.188. The Labute approximate surface area is 118 Å². The van der Waals surface area contributed by atoms with Gasteiger partial charge in [0.2, 0.25) is 0 Å². The number of carbonyl (C=O) groups is 1. The zero-order valence-electron chi connectivity index (χ0n) is 11.2. The summed E-state index contributed by atoms with van der Waals surface area (Å²) >= 11 is 0. The van der Waals surface area contributed by atoms with Gasteiger partial charge in [-0.1, -0.05) is 42.5 Å². The zero-order chi connectivity index (χ0) is 14.4. The van der Waals surface area contributed by atoms with Crippen LogP contribution in [0.1, 0.15) is 17.2 Å². The monoisotopic (exact) mass is 271 g/mol. The van der Waals surface area contributed by atoms with Crippen molar-refractivity contribution >= 4 is 5.97 Å². The van der Waals surface area contributed by atoms with Gasteiger partial charge in [-0.3, -0.25) is 10.1 Å². The van der Waals surface area contributed by atoms with E-state index in [1.165, 1.54) is 0 Å². The fourth-order valence-electron chi connectivity index (χ4n) is 2.00. The molecule has 0 heterocycles. The molecular weight excluding hydrogens is 254 g/mol. The number of hydrogen-bond donors (Lipinski definition) is 2. The molecule has 2 aromatic rings. The summed E-state index contributed by atoms with van der Waals surface area (Å²) in [5.41, 5.74) is 1.72. The minimum absolute atomic E-state index is 0.461. The third kappa shape index (κ3) is 3.59. The van der Waals surface area contributed by atoms with E-state index in [2.05, 4.69) is 5.32 Å². The summed E-state index contributed by atoms with van der Waals surface area (Å²) in [5, 5.41) is 12.4. The molecule has 0 aliphatic rings. The average Bonchev–Trinajstić information content (AvgIpc) is 2.48. The molecule has 0 saturated carbocycles. The Balaban J connectivity index is 2.08. The molecular formula is C16H17NO3. The van der Waals surface area contributed by atoms with E-state index in [9.17, 15) is 9.90 Å². The van der Waals surface area contributed by atoms with Crippen LogP contribution in [-0.4, -0.2) is 18.2 Å². The molecule has 0 aromatic heterocycles. The number of rotatable bonds is 6. The summed E-state index contributed by atoms with van der Waals surface area (Å²) in [7, 11) is 1.61. The highest BCUT2D eigenvalue weighted by Gasteiger charge is 2.18. The molecule has 0 fully saturated rings. The molecule has 2 aromatic carbocycles. The number of carboxylic acid groups (broad SMARTS) is 1. The van der Waals surface area contributed by atoms with Crippen molar-refractivity contribution in [1.82, 2.24) is 5.32 Å². The maximum absolute atomic E-state index is 11.4. The summed E-state index contributed by atoms with van der Waals surface area (Å²) in [4.78, 5) is 11.4. The van der Waals surface area contributed by atoms with Gasteiger partial charge in [-0.2, -0.15) is 0 Å². The van der Waals surface area contributed by atoms with Gasteiger partial charge in [-0.25, -0.2) is 0 Å². The Kier molecular flexibility index (Phi) is 4.74. The highest BCUT2D eigenvalue weighted by molar-refractivity contribution is 5.75. The van der Waals surface area contributed by atoms with Crippen LogP contribution in [0.25, 0.3) is 0 Å². The number of aliphatic carboxylic acids is 1. The predicted octanol–water partition coefficient (Wildman–Crippen LogP) is 2.61. The Bertz CT molecular complexity index is 569. The van der Waals surface area contributed by atoms with E-state index in [1.54, 1.807) is 19.2 Å². The third-order valence-corrected chi connectivity index (χ3v) is 3.02. The van der Waals surface area contributed by atoms with E-state index in [0.717, 1.165) is 16.9 Å². The van der Waals surface area contributed by atoms with Crippen LogP contribution in [0.4, 0.5) is 0 Å². The van der Waals surface area contributed by atoms with Crippen molar-refractivity contribution < 1.29 is 14.6 Å². The van der Waals surface area contributed by atoms with Crippen LogP contribution in [0.15, 0.2) is 54.6 Å². The Morgan fingerprint density at radius 1 is 1.20 bits per heavy atom. The van der Waals surface area contributed by atoms with Crippen LogP contribution in [-0.2, 0) is 11.3 Å². The molecule has 20 heavy (non-hydrogen) atoms. The summed E-state index contributed by atoms with van der Waals surface area (Å²) in [6.45, 7) is 0.461. The maximum atomic E-state index is 11.4. The first-order chi connectivity index (χ1) is 9.70. The normalized spacial score (nSPS) is 11.8. The summed E-state index contributed by atoms with van der Waals surface area (Å²) < 4.78 is 5.15. The van der Waals surface area contributed by atoms with Gasteiger partial charge in [0.1, 0.15) is 11.8 Å². The second kappa shape index (κ2) is 6.73. The molecule has 0 saturated heterocycles. The van der Waals surface area contributed by atoms with Gasteiger partial charge in [0.15, 0.2) is 0 Å². The van der Waals surface area contributed by atoms with E-state index in [-0.39, 0.29) is 0 Å². The third-order valence-electron chi connectivity index (χ3n) is 3.02. The van der Waals surface area contributed by atoms with Crippen molar-refractivity contribution in [2.24, 2.45) is 0 Å². The molecule has 2 N–H and O–H groups in total. The number of methoxy groups -OCH3 is 1. The van der Waals surface area contributed by atoms with Gasteiger partial charge < -0.3 is 9.84 Å².